The Morgan fingerprint density at radius 3 is 2.94 bits per heavy atom. The molecule has 1 N–H and O–H groups in total. The molecule has 2 rings (SSSR count). The second-order valence-electron chi connectivity index (χ2n) is 3.72. The quantitative estimate of drug-likeness (QED) is 0.864. The summed E-state index contributed by atoms with van der Waals surface area (Å²) in [5.74, 6) is -1.11. The largest absolute Gasteiger partial charge is 0.478 e. The molecule has 0 aliphatic heterocycles. The lowest BCUT2D eigenvalue weighted by Gasteiger charge is -2.04. The number of thioether (sulfide) groups is 1. The van der Waals surface area contributed by atoms with E-state index in [1.54, 1.807) is 12.4 Å². The number of halogens is 1. The van der Waals surface area contributed by atoms with Crippen molar-refractivity contribution in [2.45, 2.75) is 10.9 Å². The van der Waals surface area contributed by atoms with Gasteiger partial charge in [0.25, 0.3) is 0 Å². The Kier molecular flexibility index (Phi) is 3.66. The molecule has 0 unspecified atom stereocenters. The van der Waals surface area contributed by atoms with Gasteiger partial charge in [-0.3, -0.25) is 0 Å². The van der Waals surface area contributed by atoms with E-state index in [1.165, 1.54) is 30.0 Å². The summed E-state index contributed by atoms with van der Waals surface area (Å²) in [6.45, 7) is 0. The number of hydrogen-bond donors (Lipinski definition) is 1. The van der Waals surface area contributed by atoms with E-state index in [0.717, 1.165) is 5.16 Å². The summed E-state index contributed by atoms with van der Waals surface area (Å²) in [6.07, 6.45) is 3.46. The van der Waals surface area contributed by atoms with Gasteiger partial charge in [0, 0.05) is 25.2 Å². The lowest BCUT2D eigenvalue weighted by Crippen LogP contribution is -1.99. The number of rotatable bonds is 4. The predicted molar refractivity (Wildman–Crippen MR) is 66.1 cm³/mol. The maximum Gasteiger partial charge on any atom is 0.335 e. The summed E-state index contributed by atoms with van der Waals surface area (Å²) in [5, 5.41) is 9.61. The maximum absolute atomic E-state index is 13.5. The van der Waals surface area contributed by atoms with E-state index >= 15 is 0 Å². The minimum Gasteiger partial charge on any atom is -0.478 e. The Balaban J connectivity index is 2.16. The maximum atomic E-state index is 13.5. The van der Waals surface area contributed by atoms with Crippen LogP contribution in [0.3, 0.4) is 0 Å². The number of carbonyl (C=O) groups is 1. The second kappa shape index (κ2) is 5.22. The number of benzene rings is 1. The van der Waals surface area contributed by atoms with E-state index in [0.29, 0.717) is 11.3 Å². The van der Waals surface area contributed by atoms with Gasteiger partial charge >= 0.3 is 5.97 Å². The molecule has 1 heterocycles. The van der Waals surface area contributed by atoms with Crippen LogP contribution < -0.4 is 0 Å². The lowest BCUT2D eigenvalue weighted by atomic mass is 10.1. The molecule has 6 heteroatoms. The molecule has 0 aliphatic carbocycles. The van der Waals surface area contributed by atoms with Crippen LogP contribution in [0.25, 0.3) is 0 Å². The zero-order valence-corrected chi connectivity index (χ0v) is 10.4. The number of imidazole rings is 1. The molecule has 0 amide bonds. The topological polar surface area (TPSA) is 55.1 Å². The molecule has 2 aromatic rings. The van der Waals surface area contributed by atoms with E-state index in [9.17, 15) is 9.18 Å². The van der Waals surface area contributed by atoms with Gasteiger partial charge in [0.15, 0.2) is 5.16 Å². The lowest BCUT2D eigenvalue weighted by molar-refractivity contribution is 0.0696. The average molecular weight is 266 g/mol. The second-order valence-corrected chi connectivity index (χ2v) is 4.66. The molecular formula is C12H11FN2O2S. The first-order valence-corrected chi connectivity index (χ1v) is 6.18. The SMILES string of the molecule is Cn1ccnc1SCc1cc(C(=O)O)ccc1F. The minimum absolute atomic E-state index is 0.0897. The Morgan fingerprint density at radius 2 is 2.33 bits per heavy atom. The van der Waals surface area contributed by atoms with Crippen LogP contribution in [0.1, 0.15) is 15.9 Å². The number of nitrogens with zero attached hydrogens (tertiary/aromatic N) is 2. The van der Waals surface area contributed by atoms with Crippen molar-refractivity contribution < 1.29 is 14.3 Å². The van der Waals surface area contributed by atoms with Crippen LogP contribution in [0.5, 0.6) is 0 Å². The summed E-state index contributed by atoms with van der Waals surface area (Å²) in [7, 11) is 1.85. The third-order valence-corrected chi connectivity index (χ3v) is 3.53. The van der Waals surface area contributed by atoms with Crippen molar-refractivity contribution in [1.82, 2.24) is 9.55 Å². The third-order valence-electron chi connectivity index (χ3n) is 2.43. The van der Waals surface area contributed by atoms with E-state index in [4.69, 9.17) is 5.11 Å². The predicted octanol–water partition coefficient (Wildman–Crippen LogP) is 2.55. The van der Waals surface area contributed by atoms with Gasteiger partial charge < -0.3 is 9.67 Å². The molecule has 0 fully saturated rings. The Hall–Kier alpha value is -1.82. The van der Waals surface area contributed by atoms with E-state index < -0.39 is 11.8 Å². The number of carboxylic acid groups (broad SMARTS) is 1. The van der Waals surface area contributed by atoms with Gasteiger partial charge in [-0.05, 0) is 23.8 Å². The van der Waals surface area contributed by atoms with Crippen LogP contribution in [0.2, 0.25) is 0 Å². The highest BCUT2D eigenvalue weighted by atomic mass is 32.2. The van der Waals surface area contributed by atoms with Gasteiger partial charge in [0.05, 0.1) is 5.56 Å². The van der Waals surface area contributed by atoms with Crippen molar-refractivity contribution in [2.24, 2.45) is 7.05 Å². The Morgan fingerprint density at radius 1 is 1.56 bits per heavy atom. The fraction of sp³-hybridized carbons (Fsp3) is 0.167. The van der Waals surface area contributed by atoms with Crippen molar-refractivity contribution >= 4 is 17.7 Å². The van der Waals surface area contributed by atoms with Crippen LogP contribution in [-0.2, 0) is 12.8 Å². The molecule has 0 aliphatic rings. The molecule has 18 heavy (non-hydrogen) atoms. The fourth-order valence-corrected chi connectivity index (χ4v) is 2.36. The Bertz CT molecular complexity index is 583. The van der Waals surface area contributed by atoms with Crippen molar-refractivity contribution in [2.75, 3.05) is 0 Å². The van der Waals surface area contributed by atoms with E-state index in [-0.39, 0.29) is 5.56 Å². The molecule has 94 valence electrons. The molecular weight excluding hydrogens is 255 g/mol. The zero-order chi connectivity index (χ0) is 13.1. The summed E-state index contributed by atoms with van der Waals surface area (Å²) in [4.78, 5) is 14.9. The number of carboxylic acids is 1. The Labute approximate surface area is 107 Å². The number of aromatic carboxylic acids is 1. The van der Waals surface area contributed by atoms with Crippen molar-refractivity contribution in [1.29, 1.82) is 0 Å². The molecule has 0 atom stereocenters. The highest BCUT2D eigenvalue weighted by molar-refractivity contribution is 7.98. The molecule has 0 radical (unpaired) electrons. The van der Waals surface area contributed by atoms with Crippen LogP contribution in [0.15, 0.2) is 35.7 Å². The molecule has 0 saturated carbocycles. The van der Waals surface area contributed by atoms with Crippen molar-refractivity contribution in [3.05, 3.63) is 47.5 Å². The number of hydrogen-bond acceptors (Lipinski definition) is 3. The van der Waals surface area contributed by atoms with E-state index in [1.807, 2.05) is 11.6 Å². The molecule has 4 nitrogen and oxygen atoms in total. The van der Waals surface area contributed by atoms with Gasteiger partial charge in [-0.1, -0.05) is 11.8 Å². The standard InChI is InChI=1S/C12H11FN2O2S/c1-15-5-4-14-12(15)18-7-9-6-8(11(16)17)2-3-10(9)13/h2-6H,7H2,1H3,(H,16,17). The first-order chi connectivity index (χ1) is 8.58. The molecule has 0 spiro atoms. The first-order valence-electron chi connectivity index (χ1n) is 5.20. The monoisotopic (exact) mass is 266 g/mol. The fourth-order valence-electron chi connectivity index (χ4n) is 1.45. The first kappa shape index (κ1) is 12.6. The number of aromatic nitrogens is 2. The van der Waals surface area contributed by atoms with Crippen molar-refractivity contribution in [3.63, 3.8) is 0 Å². The highest BCUT2D eigenvalue weighted by Gasteiger charge is 2.09. The molecule has 1 aromatic heterocycles. The third kappa shape index (κ3) is 2.70. The van der Waals surface area contributed by atoms with Crippen LogP contribution in [0, 0.1) is 5.82 Å². The summed E-state index contributed by atoms with van der Waals surface area (Å²) in [6, 6.07) is 3.79. The summed E-state index contributed by atoms with van der Waals surface area (Å²) < 4.78 is 15.4. The number of aryl methyl sites for hydroxylation is 1. The molecule has 0 bridgehead atoms. The van der Waals surface area contributed by atoms with Crippen molar-refractivity contribution in [3.8, 4) is 0 Å². The van der Waals surface area contributed by atoms with Crippen LogP contribution in [0.4, 0.5) is 4.39 Å². The average Bonchev–Trinajstić information content (AvgIpc) is 2.73. The minimum atomic E-state index is -1.06. The van der Waals surface area contributed by atoms with Crippen LogP contribution >= 0.6 is 11.8 Å². The smallest absolute Gasteiger partial charge is 0.335 e. The van der Waals surface area contributed by atoms with Gasteiger partial charge in [-0.2, -0.15) is 0 Å². The molecule has 1 aromatic carbocycles. The normalized spacial score (nSPS) is 10.6. The highest BCUT2D eigenvalue weighted by Crippen LogP contribution is 2.23. The van der Waals surface area contributed by atoms with Crippen LogP contribution in [-0.4, -0.2) is 20.6 Å². The van der Waals surface area contributed by atoms with Gasteiger partial charge in [-0.25, -0.2) is 14.2 Å². The van der Waals surface area contributed by atoms with Gasteiger partial charge in [0.1, 0.15) is 5.82 Å². The van der Waals surface area contributed by atoms with Gasteiger partial charge in [0.2, 0.25) is 0 Å². The van der Waals surface area contributed by atoms with Gasteiger partial charge in [-0.15, -0.1) is 0 Å². The zero-order valence-electron chi connectivity index (χ0n) is 9.63. The summed E-state index contributed by atoms with van der Waals surface area (Å²) in [5.41, 5.74) is 0.453. The molecule has 0 saturated heterocycles. The summed E-state index contributed by atoms with van der Waals surface area (Å²) >= 11 is 1.36. The van der Waals surface area contributed by atoms with E-state index in [2.05, 4.69) is 4.98 Å².